The van der Waals surface area contributed by atoms with Crippen LogP contribution in [0.3, 0.4) is 0 Å². The van der Waals surface area contributed by atoms with Crippen molar-refractivity contribution in [1.29, 1.82) is 0 Å². The number of alkyl halides is 3. The molecular weight excluding hydrogens is 420 g/mol. The lowest BCUT2D eigenvalue weighted by molar-refractivity contribution is -0.137. The molecule has 0 saturated heterocycles. The van der Waals surface area contributed by atoms with Crippen LogP contribution in [-0.2, 0) is 19.1 Å². The number of rotatable bonds is 6. The Hall–Kier alpha value is -3.35. The van der Waals surface area contributed by atoms with Gasteiger partial charge in [-0.1, -0.05) is 25.5 Å². The first-order valence-electron chi connectivity index (χ1n) is 10.3. The van der Waals surface area contributed by atoms with Gasteiger partial charge < -0.3 is 10.3 Å². The number of carbonyl (C=O) groups excluding carboxylic acids is 1. The normalized spacial score (nSPS) is 12.0. The maximum atomic E-state index is 14.0. The summed E-state index contributed by atoms with van der Waals surface area (Å²) < 4.78 is 55.4. The van der Waals surface area contributed by atoms with Crippen LogP contribution in [0.15, 0.2) is 48.5 Å². The fraction of sp³-hybridized carbons (Fsp3) is 0.240. The van der Waals surface area contributed by atoms with Gasteiger partial charge in [-0.05, 0) is 66.4 Å². The van der Waals surface area contributed by atoms with Crippen LogP contribution < -0.4 is 5.73 Å². The third-order valence-corrected chi connectivity index (χ3v) is 5.56. The van der Waals surface area contributed by atoms with Gasteiger partial charge in [-0.25, -0.2) is 4.39 Å². The highest BCUT2D eigenvalue weighted by Crippen LogP contribution is 2.34. The lowest BCUT2D eigenvalue weighted by atomic mass is 10.0. The molecule has 1 heterocycles. The first kappa shape index (κ1) is 21.9. The zero-order valence-corrected chi connectivity index (χ0v) is 17.4. The Balaban J connectivity index is 1.95. The van der Waals surface area contributed by atoms with E-state index in [0.29, 0.717) is 33.4 Å². The van der Waals surface area contributed by atoms with Gasteiger partial charge in [0, 0.05) is 22.9 Å². The maximum Gasteiger partial charge on any atom is 0.416 e. The number of benzene rings is 3. The van der Waals surface area contributed by atoms with Crippen molar-refractivity contribution in [1.82, 2.24) is 4.57 Å². The molecule has 1 aromatic heterocycles. The molecule has 0 atom stereocenters. The summed E-state index contributed by atoms with van der Waals surface area (Å²) in [5.74, 6) is -1.56. The van der Waals surface area contributed by atoms with Gasteiger partial charge in [-0.2, -0.15) is 13.2 Å². The molecule has 3 aromatic carbocycles. The van der Waals surface area contributed by atoms with Gasteiger partial charge in [0.2, 0.25) is 5.91 Å². The van der Waals surface area contributed by atoms with Crippen molar-refractivity contribution in [3.05, 3.63) is 82.7 Å². The van der Waals surface area contributed by atoms with E-state index in [-0.39, 0.29) is 12.1 Å². The molecule has 1 radical (unpaired) electrons. The molecule has 165 valence electrons. The van der Waals surface area contributed by atoms with E-state index in [9.17, 15) is 22.4 Å². The van der Waals surface area contributed by atoms with Crippen molar-refractivity contribution in [2.24, 2.45) is 5.73 Å². The number of fused-ring (bicyclic) bond motifs is 3. The van der Waals surface area contributed by atoms with Gasteiger partial charge in [0.05, 0.1) is 16.6 Å². The lowest BCUT2D eigenvalue weighted by Gasteiger charge is -2.12. The zero-order chi connectivity index (χ0) is 23.0. The van der Waals surface area contributed by atoms with E-state index in [1.54, 1.807) is 22.8 Å². The van der Waals surface area contributed by atoms with Crippen molar-refractivity contribution in [2.45, 2.75) is 38.9 Å². The topological polar surface area (TPSA) is 48.0 Å². The Morgan fingerprint density at radius 1 is 1.09 bits per heavy atom. The summed E-state index contributed by atoms with van der Waals surface area (Å²) >= 11 is 0. The summed E-state index contributed by atoms with van der Waals surface area (Å²) in [7, 11) is 0. The number of nitrogens with two attached hydrogens (primary N) is 1. The number of unbranched alkanes of at least 4 members (excludes halogenated alkanes) is 1. The zero-order valence-electron chi connectivity index (χ0n) is 17.4. The average Bonchev–Trinajstić information content (AvgIpc) is 3.04. The quantitative estimate of drug-likeness (QED) is 0.354. The highest BCUT2D eigenvalue weighted by molar-refractivity contribution is 6.17. The molecule has 0 unspecified atom stereocenters. The highest BCUT2D eigenvalue weighted by Gasteiger charge is 2.31. The molecule has 4 rings (SSSR count). The second kappa shape index (κ2) is 8.30. The van der Waals surface area contributed by atoms with E-state index in [1.807, 2.05) is 12.1 Å². The van der Waals surface area contributed by atoms with Gasteiger partial charge in [-0.3, -0.25) is 4.79 Å². The molecule has 0 aliphatic heterocycles. The minimum atomic E-state index is -4.65. The predicted octanol–water partition coefficient (Wildman–Crippen LogP) is 6.24. The van der Waals surface area contributed by atoms with Crippen LogP contribution >= 0.6 is 0 Å². The number of aromatic nitrogens is 1. The van der Waals surface area contributed by atoms with Crippen molar-refractivity contribution in [3.8, 4) is 0 Å². The third kappa shape index (κ3) is 4.07. The molecule has 1 amide bonds. The number of hydrogen-bond acceptors (Lipinski definition) is 1. The van der Waals surface area contributed by atoms with Crippen LogP contribution in [0.4, 0.5) is 17.6 Å². The van der Waals surface area contributed by atoms with Crippen LogP contribution in [-0.4, -0.2) is 10.5 Å². The summed E-state index contributed by atoms with van der Waals surface area (Å²) in [6, 6.07) is 14.6. The molecular formula is C25H21F4N2O. The van der Waals surface area contributed by atoms with Crippen LogP contribution in [0, 0.1) is 11.9 Å². The standard InChI is InChI=1S/C25H21F4N2O/c1-2-3-5-15-8-9-19-22(12-15)31(21-7-4-6-20(23(19)21)24(30)32)14-16-10-17(25(27,28)29)13-18(26)11-16/h4,6-8,10-13H,2-3,5,14H2,1H3,(H2,30,32). The van der Waals surface area contributed by atoms with Gasteiger partial charge in [0.1, 0.15) is 5.82 Å². The van der Waals surface area contributed by atoms with E-state index < -0.39 is 23.5 Å². The number of primary amides is 1. The Morgan fingerprint density at radius 3 is 2.56 bits per heavy atom. The number of amides is 1. The molecule has 0 spiro atoms. The number of nitrogens with zero attached hydrogens (tertiary/aromatic N) is 1. The summed E-state index contributed by atoms with van der Waals surface area (Å²) in [6.07, 6.45) is -1.84. The van der Waals surface area contributed by atoms with Crippen molar-refractivity contribution >= 4 is 27.7 Å². The summed E-state index contributed by atoms with van der Waals surface area (Å²) in [5, 5.41) is 1.24. The Labute approximate surface area is 182 Å². The number of carbonyl (C=O) groups is 1. The summed E-state index contributed by atoms with van der Waals surface area (Å²) in [6.45, 7) is 2.08. The number of aryl methyl sites for hydroxylation is 1. The molecule has 0 aliphatic rings. The highest BCUT2D eigenvalue weighted by atomic mass is 19.4. The molecule has 2 N–H and O–H groups in total. The summed E-state index contributed by atoms with van der Waals surface area (Å²) in [4.78, 5) is 12.1. The molecule has 0 saturated carbocycles. The van der Waals surface area contributed by atoms with E-state index in [1.165, 1.54) is 0 Å². The summed E-state index contributed by atoms with van der Waals surface area (Å²) in [5.41, 5.74) is 7.37. The third-order valence-electron chi connectivity index (χ3n) is 5.56. The molecule has 0 aliphatic carbocycles. The molecule has 0 fully saturated rings. The molecule has 32 heavy (non-hydrogen) atoms. The monoisotopic (exact) mass is 441 g/mol. The largest absolute Gasteiger partial charge is 0.416 e. The smallest absolute Gasteiger partial charge is 0.366 e. The molecule has 3 nitrogen and oxygen atoms in total. The minimum Gasteiger partial charge on any atom is -0.366 e. The maximum absolute atomic E-state index is 14.0. The van der Waals surface area contributed by atoms with Crippen molar-refractivity contribution < 1.29 is 22.4 Å². The number of halogens is 4. The fourth-order valence-corrected chi connectivity index (χ4v) is 4.09. The van der Waals surface area contributed by atoms with Gasteiger partial charge in [0.15, 0.2) is 0 Å². The first-order chi connectivity index (χ1) is 15.2. The van der Waals surface area contributed by atoms with Crippen LogP contribution in [0.1, 0.15) is 46.8 Å². The lowest BCUT2D eigenvalue weighted by Crippen LogP contribution is -2.11. The molecule has 7 heteroatoms. The minimum absolute atomic E-state index is 0.00583. The second-order valence-electron chi connectivity index (χ2n) is 7.87. The SMILES string of the molecule is CCCCc1c[c]c2c3c(C(N)=O)cccc3n(Cc3cc(F)cc(C(F)(F)F)c3)c2c1. The first-order valence-corrected chi connectivity index (χ1v) is 10.3. The van der Waals surface area contributed by atoms with E-state index in [4.69, 9.17) is 5.73 Å². The molecule has 0 bridgehead atoms. The van der Waals surface area contributed by atoms with E-state index >= 15 is 0 Å². The Bertz CT molecular complexity index is 1320. The predicted molar refractivity (Wildman–Crippen MR) is 116 cm³/mol. The van der Waals surface area contributed by atoms with Gasteiger partial charge in [0.25, 0.3) is 0 Å². The van der Waals surface area contributed by atoms with E-state index in [0.717, 1.165) is 37.0 Å². The molecule has 4 aromatic rings. The van der Waals surface area contributed by atoms with Gasteiger partial charge >= 0.3 is 6.18 Å². The van der Waals surface area contributed by atoms with Crippen LogP contribution in [0.5, 0.6) is 0 Å². The van der Waals surface area contributed by atoms with Crippen molar-refractivity contribution in [2.75, 3.05) is 0 Å². The van der Waals surface area contributed by atoms with Crippen LogP contribution in [0.25, 0.3) is 21.8 Å². The fourth-order valence-electron chi connectivity index (χ4n) is 4.09. The van der Waals surface area contributed by atoms with Gasteiger partial charge in [-0.15, -0.1) is 0 Å². The second-order valence-corrected chi connectivity index (χ2v) is 7.87. The Kier molecular flexibility index (Phi) is 5.67. The Morgan fingerprint density at radius 2 is 1.88 bits per heavy atom. The van der Waals surface area contributed by atoms with E-state index in [2.05, 4.69) is 13.0 Å². The average molecular weight is 441 g/mol. The van der Waals surface area contributed by atoms with Crippen molar-refractivity contribution in [3.63, 3.8) is 0 Å². The number of hydrogen-bond donors (Lipinski definition) is 1. The van der Waals surface area contributed by atoms with Crippen LogP contribution in [0.2, 0.25) is 0 Å².